The van der Waals surface area contributed by atoms with E-state index in [2.05, 4.69) is 32.3 Å². The Bertz CT molecular complexity index is 1470. The Balaban J connectivity index is 1.83. The number of benzene rings is 2. The number of halogens is 4. The van der Waals surface area contributed by atoms with Gasteiger partial charge in [0.25, 0.3) is 5.56 Å². The van der Waals surface area contributed by atoms with Crippen molar-refractivity contribution in [1.82, 2.24) is 9.13 Å². The lowest BCUT2D eigenvalue weighted by Gasteiger charge is -2.21. The number of aromatic nitrogens is 2. The molecule has 2 aromatic carbocycles. The van der Waals surface area contributed by atoms with E-state index in [1.54, 1.807) is 6.08 Å². The molecule has 0 saturated heterocycles. The second-order valence-electron chi connectivity index (χ2n) is 8.04. The highest BCUT2D eigenvalue weighted by atomic mass is 127. The van der Waals surface area contributed by atoms with Gasteiger partial charge >= 0.3 is 12.1 Å². The minimum absolute atomic E-state index is 0.0526. The molecule has 0 amide bonds. The van der Waals surface area contributed by atoms with Crippen LogP contribution in [0, 0.1) is 3.57 Å². The quantitative estimate of drug-likeness (QED) is 0.372. The number of alkyl halides is 3. The van der Waals surface area contributed by atoms with Crippen molar-refractivity contribution in [3.05, 3.63) is 89.6 Å². The van der Waals surface area contributed by atoms with Gasteiger partial charge in [-0.05, 0) is 64.9 Å². The molecular weight excluding hydrogens is 590 g/mol. The van der Waals surface area contributed by atoms with Gasteiger partial charge in [0.2, 0.25) is 5.90 Å². The van der Waals surface area contributed by atoms with Crippen LogP contribution < -0.4 is 20.7 Å². The number of nitrogens with zero attached hydrogens (tertiary/aromatic N) is 3. The van der Waals surface area contributed by atoms with E-state index in [0.717, 1.165) is 21.3 Å². The molecule has 0 unspecified atom stereocenters. The zero-order valence-corrected chi connectivity index (χ0v) is 21.5. The van der Waals surface area contributed by atoms with Gasteiger partial charge in [0, 0.05) is 35.2 Å². The van der Waals surface area contributed by atoms with Gasteiger partial charge in [-0.2, -0.15) is 4.99 Å². The van der Waals surface area contributed by atoms with Crippen molar-refractivity contribution < 1.29 is 22.6 Å². The molecule has 0 saturated carbocycles. The van der Waals surface area contributed by atoms with Gasteiger partial charge in [-0.25, -0.2) is 4.79 Å². The Kier molecular flexibility index (Phi) is 7.38. The lowest BCUT2D eigenvalue weighted by Crippen LogP contribution is -2.42. The molecule has 0 bridgehead atoms. The summed E-state index contributed by atoms with van der Waals surface area (Å²) in [6.07, 6.45) is -2.34. The topological polar surface area (TPSA) is 74.8 Å². The average Bonchev–Trinajstić information content (AvgIpc) is 2.82. The van der Waals surface area contributed by atoms with Crippen LogP contribution in [0.25, 0.3) is 6.08 Å². The maximum absolute atomic E-state index is 13.1. The molecule has 1 aliphatic heterocycles. The molecule has 11 heteroatoms. The summed E-state index contributed by atoms with van der Waals surface area (Å²) in [7, 11) is 1.51. The third kappa shape index (κ3) is 5.72. The third-order valence-corrected chi connectivity index (χ3v) is 6.09. The summed E-state index contributed by atoms with van der Waals surface area (Å²) in [4.78, 5) is 30.4. The molecule has 4 rings (SSSR count). The van der Waals surface area contributed by atoms with Gasteiger partial charge in [-0.15, -0.1) is 13.2 Å². The Morgan fingerprint density at radius 2 is 1.81 bits per heavy atom. The zero-order valence-electron chi connectivity index (χ0n) is 19.3. The van der Waals surface area contributed by atoms with Crippen molar-refractivity contribution in [2.75, 3.05) is 0 Å². The van der Waals surface area contributed by atoms with Crippen molar-refractivity contribution in [2.45, 2.75) is 32.7 Å². The van der Waals surface area contributed by atoms with Crippen LogP contribution in [0.5, 0.6) is 11.5 Å². The van der Waals surface area contributed by atoms with Gasteiger partial charge in [0.05, 0.1) is 5.56 Å². The van der Waals surface area contributed by atoms with E-state index in [0.29, 0.717) is 17.6 Å². The first-order valence-electron chi connectivity index (χ1n) is 11.0. The lowest BCUT2D eigenvalue weighted by atomic mass is 10.0. The van der Waals surface area contributed by atoms with Crippen LogP contribution in [0.3, 0.4) is 0 Å². The van der Waals surface area contributed by atoms with Crippen LogP contribution in [-0.2, 0) is 20.0 Å². The van der Waals surface area contributed by atoms with E-state index >= 15 is 0 Å². The summed E-state index contributed by atoms with van der Waals surface area (Å²) in [6, 6.07) is 12.7. The predicted molar refractivity (Wildman–Crippen MR) is 138 cm³/mol. The summed E-state index contributed by atoms with van der Waals surface area (Å²) in [5, 5.41) is 0. The van der Waals surface area contributed by atoms with Crippen molar-refractivity contribution in [3.8, 4) is 11.5 Å². The van der Waals surface area contributed by atoms with E-state index in [-0.39, 0.29) is 30.4 Å². The fraction of sp³-hybridized carbons (Fsp3) is 0.240. The maximum atomic E-state index is 13.1. The second-order valence-corrected chi connectivity index (χ2v) is 9.29. The molecule has 1 aliphatic rings. The van der Waals surface area contributed by atoms with Gasteiger partial charge in [-0.1, -0.05) is 25.1 Å². The molecular formula is C25H21F3IN3O4. The van der Waals surface area contributed by atoms with Crippen molar-refractivity contribution in [1.29, 1.82) is 0 Å². The van der Waals surface area contributed by atoms with Crippen molar-refractivity contribution in [3.63, 3.8) is 0 Å². The summed E-state index contributed by atoms with van der Waals surface area (Å²) in [5.74, 6) is -0.186. The molecule has 0 aliphatic carbocycles. The summed E-state index contributed by atoms with van der Waals surface area (Å²) in [5.41, 5.74) is 0.757. The molecule has 3 aromatic rings. The Labute approximate surface area is 217 Å². The van der Waals surface area contributed by atoms with Gasteiger partial charge < -0.3 is 9.47 Å². The fourth-order valence-electron chi connectivity index (χ4n) is 3.78. The maximum Gasteiger partial charge on any atom is 0.573 e. The van der Waals surface area contributed by atoms with Crippen LogP contribution in [0.2, 0.25) is 0 Å². The average molecular weight is 611 g/mol. The van der Waals surface area contributed by atoms with Crippen LogP contribution in [-0.4, -0.2) is 21.4 Å². The smallest absolute Gasteiger partial charge is 0.439 e. The number of ether oxygens (including phenoxy) is 2. The monoisotopic (exact) mass is 611 g/mol. The van der Waals surface area contributed by atoms with Crippen LogP contribution in [0.1, 0.15) is 24.5 Å². The van der Waals surface area contributed by atoms with E-state index < -0.39 is 23.4 Å². The minimum atomic E-state index is -4.85. The number of hydrogen-bond acceptors (Lipinski definition) is 5. The summed E-state index contributed by atoms with van der Waals surface area (Å²) < 4.78 is 51.4. The zero-order chi connectivity index (χ0) is 26.0. The molecule has 2 heterocycles. The molecule has 0 N–H and O–H groups in total. The number of aliphatic imine (C=N–C) groups is 1. The first kappa shape index (κ1) is 25.7. The van der Waals surface area contributed by atoms with E-state index in [4.69, 9.17) is 4.74 Å². The molecule has 0 fully saturated rings. The van der Waals surface area contributed by atoms with Gasteiger partial charge in [0.1, 0.15) is 17.3 Å². The van der Waals surface area contributed by atoms with Crippen LogP contribution >= 0.6 is 22.6 Å². The largest absolute Gasteiger partial charge is 0.573 e. The van der Waals surface area contributed by atoms with E-state index in [1.807, 2.05) is 31.2 Å². The fourth-order valence-corrected chi connectivity index (χ4v) is 4.14. The summed E-state index contributed by atoms with van der Waals surface area (Å²) >= 11 is 2.18. The standard InChI is InChI=1S/C25H21F3IN3O4/c1-3-11-32-23(33)20-13-16(12-15-7-9-17(29)10-8-15)22(30-21(20)31(2)24(32)34)35-18-5-4-6-19(14-18)36-25(26,27)28/h4-10,12,14H,3,11,13H2,1-2H3/b16-12-. The normalized spacial score (nSPS) is 14.4. The molecule has 7 nitrogen and oxygen atoms in total. The second kappa shape index (κ2) is 10.3. The van der Waals surface area contributed by atoms with Crippen molar-refractivity contribution in [2.24, 2.45) is 12.0 Å². The molecule has 36 heavy (non-hydrogen) atoms. The highest BCUT2D eigenvalue weighted by Crippen LogP contribution is 2.30. The SMILES string of the molecule is CCCn1c(=O)c2c(n(C)c1=O)N=C(Oc1cccc(OC(F)(F)F)c1)/C(=C\c1ccc(I)cc1)C2. The third-order valence-electron chi connectivity index (χ3n) is 5.37. The number of hydrogen-bond donors (Lipinski definition) is 0. The Morgan fingerprint density at radius 1 is 1.11 bits per heavy atom. The van der Waals surface area contributed by atoms with Crippen molar-refractivity contribution >= 4 is 40.4 Å². The van der Waals surface area contributed by atoms with Gasteiger partial charge in [-0.3, -0.25) is 13.9 Å². The molecule has 0 atom stereocenters. The minimum Gasteiger partial charge on any atom is -0.439 e. The molecule has 1 aromatic heterocycles. The Morgan fingerprint density at radius 3 is 2.47 bits per heavy atom. The number of rotatable bonds is 5. The van der Waals surface area contributed by atoms with E-state index in [9.17, 15) is 22.8 Å². The molecule has 0 radical (unpaired) electrons. The predicted octanol–water partition coefficient (Wildman–Crippen LogP) is 5.21. The highest BCUT2D eigenvalue weighted by molar-refractivity contribution is 14.1. The highest BCUT2D eigenvalue weighted by Gasteiger charge is 2.31. The van der Waals surface area contributed by atoms with E-state index in [1.165, 1.54) is 28.3 Å². The first-order valence-corrected chi connectivity index (χ1v) is 12.0. The first-order chi connectivity index (χ1) is 17.1. The Hall–Kier alpha value is -3.35. The van der Waals surface area contributed by atoms with Gasteiger partial charge in [0.15, 0.2) is 0 Å². The number of fused-ring (bicyclic) bond motifs is 1. The summed E-state index contributed by atoms with van der Waals surface area (Å²) in [6.45, 7) is 2.14. The molecule has 0 spiro atoms. The molecule has 188 valence electrons. The van der Waals surface area contributed by atoms with Crippen LogP contribution in [0.4, 0.5) is 19.0 Å². The lowest BCUT2D eigenvalue weighted by molar-refractivity contribution is -0.274. The van der Waals surface area contributed by atoms with Crippen LogP contribution in [0.15, 0.2) is 68.7 Å².